The number of nitrogens with one attached hydrogen (secondary N) is 1. The number of hydrogen-bond acceptors (Lipinski definition) is 2. The van der Waals surface area contributed by atoms with Crippen LogP contribution in [0.1, 0.15) is 59.2 Å². The summed E-state index contributed by atoms with van der Waals surface area (Å²) in [6.45, 7) is 11.3. The van der Waals surface area contributed by atoms with E-state index in [1.165, 1.54) is 31.5 Å². The molecular formula is C17H31N3. The van der Waals surface area contributed by atoms with Gasteiger partial charge in [0.05, 0.1) is 0 Å². The van der Waals surface area contributed by atoms with Gasteiger partial charge in [-0.2, -0.15) is 0 Å². The lowest BCUT2D eigenvalue weighted by molar-refractivity contribution is 0.312. The van der Waals surface area contributed by atoms with Gasteiger partial charge in [-0.1, -0.05) is 13.3 Å². The van der Waals surface area contributed by atoms with Crippen LogP contribution < -0.4 is 5.32 Å². The lowest BCUT2D eigenvalue weighted by Gasteiger charge is -2.26. The molecule has 1 saturated carbocycles. The highest BCUT2D eigenvalue weighted by molar-refractivity contribution is 4.97. The van der Waals surface area contributed by atoms with Crippen LogP contribution in [0.4, 0.5) is 0 Å². The molecule has 2 atom stereocenters. The van der Waals surface area contributed by atoms with Gasteiger partial charge in [-0.15, -0.1) is 0 Å². The van der Waals surface area contributed by atoms with Crippen LogP contribution in [0.2, 0.25) is 0 Å². The highest BCUT2D eigenvalue weighted by atomic mass is 15.1. The Bertz CT molecular complexity index is 403. The number of aryl methyl sites for hydroxylation is 1. The predicted molar refractivity (Wildman–Crippen MR) is 84.8 cm³/mol. The molecule has 114 valence electrons. The standard InChI is InChI=1S/C17H31N3/c1-5-10-20-11-9-18-16(20)12-14-7-6-8-15(14)13-19-17(2,3)4/h9,11,14-15,19H,5-8,10,12-13H2,1-4H3. The highest BCUT2D eigenvalue weighted by Gasteiger charge is 2.29. The average molecular weight is 277 g/mol. The van der Waals surface area contributed by atoms with Crippen molar-refractivity contribution in [2.24, 2.45) is 11.8 Å². The van der Waals surface area contributed by atoms with Gasteiger partial charge in [0, 0.05) is 30.9 Å². The van der Waals surface area contributed by atoms with Gasteiger partial charge in [-0.3, -0.25) is 0 Å². The van der Waals surface area contributed by atoms with E-state index in [9.17, 15) is 0 Å². The zero-order valence-corrected chi connectivity index (χ0v) is 13.7. The Morgan fingerprint density at radius 3 is 2.75 bits per heavy atom. The van der Waals surface area contributed by atoms with Gasteiger partial charge < -0.3 is 9.88 Å². The van der Waals surface area contributed by atoms with Crippen LogP contribution in [-0.2, 0) is 13.0 Å². The van der Waals surface area contributed by atoms with Crippen LogP contribution in [0, 0.1) is 11.8 Å². The van der Waals surface area contributed by atoms with E-state index < -0.39 is 0 Å². The molecule has 0 aromatic carbocycles. The molecule has 2 rings (SSSR count). The molecule has 3 heteroatoms. The van der Waals surface area contributed by atoms with Crippen LogP contribution in [-0.4, -0.2) is 21.6 Å². The minimum atomic E-state index is 0.230. The topological polar surface area (TPSA) is 29.9 Å². The van der Waals surface area contributed by atoms with Crippen LogP contribution >= 0.6 is 0 Å². The summed E-state index contributed by atoms with van der Waals surface area (Å²) in [5.74, 6) is 2.92. The zero-order chi connectivity index (χ0) is 14.6. The molecular weight excluding hydrogens is 246 g/mol. The number of hydrogen-bond donors (Lipinski definition) is 1. The molecule has 0 spiro atoms. The molecule has 1 fully saturated rings. The van der Waals surface area contributed by atoms with Gasteiger partial charge in [0.2, 0.25) is 0 Å². The Balaban J connectivity index is 1.92. The molecule has 1 heterocycles. The van der Waals surface area contributed by atoms with E-state index in [2.05, 4.69) is 48.8 Å². The Morgan fingerprint density at radius 1 is 1.30 bits per heavy atom. The Labute approximate surface area is 124 Å². The van der Waals surface area contributed by atoms with Crippen molar-refractivity contribution < 1.29 is 0 Å². The molecule has 1 aliphatic rings. The van der Waals surface area contributed by atoms with E-state index in [0.29, 0.717) is 0 Å². The average Bonchev–Trinajstić information content (AvgIpc) is 2.97. The number of rotatable bonds is 6. The van der Waals surface area contributed by atoms with E-state index in [0.717, 1.165) is 31.3 Å². The molecule has 1 N–H and O–H groups in total. The van der Waals surface area contributed by atoms with Gasteiger partial charge in [-0.25, -0.2) is 4.98 Å². The minimum absolute atomic E-state index is 0.230. The largest absolute Gasteiger partial charge is 0.335 e. The van der Waals surface area contributed by atoms with Crippen molar-refractivity contribution in [1.82, 2.24) is 14.9 Å². The summed E-state index contributed by atoms with van der Waals surface area (Å²) in [7, 11) is 0. The number of nitrogens with zero attached hydrogens (tertiary/aromatic N) is 2. The molecule has 0 amide bonds. The number of aromatic nitrogens is 2. The first-order valence-electron chi connectivity index (χ1n) is 8.24. The fourth-order valence-corrected chi connectivity index (χ4v) is 3.30. The maximum absolute atomic E-state index is 4.58. The molecule has 1 aliphatic carbocycles. The SMILES string of the molecule is CCCn1ccnc1CC1CCCC1CNC(C)(C)C. The fourth-order valence-electron chi connectivity index (χ4n) is 3.30. The van der Waals surface area contributed by atoms with Crippen LogP contribution in [0.5, 0.6) is 0 Å². The third-order valence-corrected chi connectivity index (χ3v) is 4.42. The summed E-state index contributed by atoms with van der Waals surface area (Å²) in [6.07, 6.45) is 10.6. The first-order valence-corrected chi connectivity index (χ1v) is 8.24. The van der Waals surface area contributed by atoms with Gasteiger partial charge in [0.15, 0.2) is 0 Å². The van der Waals surface area contributed by atoms with E-state index in [1.54, 1.807) is 0 Å². The van der Waals surface area contributed by atoms with Gasteiger partial charge in [0.1, 0.15) is 5.82 Å². The maximum atomic E-state index is 4.58. The van der Waals surface area contributed by atoms with E-state index in [4.69, 9.17) is 0 Å². The number of imidazole rings is 1. The summed E-state index contributed by atoms with van der Waals surface area (Å²) in [5, 5.41) is 3.69. The van der Waals surface area contributed by atoms with Crippen LogP contribution in [0.15, 0.2) is 12.4 Å². The molecule has 20 heavy (non-hydrogen) atoms. The summed E-state index contributed by atoms with van der Waals surface area (Å²) in [5.41, 5.74) is 0.230. The Kier molecular flexibility index (Phi) is 5.25. The van der Waals surface area contributed by atoms with Gasteiger partial charge in [-0.05, 0) is 58.4 Å². The molecule has 3 nitrogen and oxygen atoms in total. The van der Waals surface area contributed by atoms with Gasteiger partial charge >= 0.3 is 0 Å². The molecule has 2 unspecified atom stereocenters. The Hall–Kier alpha value is -0.830. The van der Waals surface area contributed by atoms with Crippen molar-refractivity contribution in [3.8, 4) is 0 Å². The second kappa shape index (κ2) is 6.75. The van der Waals surface area contributed by atoms with E-state index >= 15 is 0 Å². The summed E-state index contributed by atoms with van der Waals surface area (Å²) in [6, 6.07) is 0. The molecule has 1 aromatic heterocycles. The smallest absolute Gasteiger partial charge is 0.108 e. The van der Waals surface area contributed by atoms with Crippen molar-refractivity contribution in [1.29, 1.82) is 0 Å². The highest BCUT2D eigenvalue weighted by Crippen LogP contribution is 2.33. The molecule has 0 bridgehead atoms. The summed E-state index contributed by atoms with van der Waals surface area (Å²) >= 11 is 0. The predicted octanol–water partition coefficient (Wildman–Crippen LogP) is 3.64. The lowest BCUT2D eigenvalue weighted by Crippen LogP contribution is -2.40. The minimum Gasteiger partial charge on any atom is -0.335 e. The zero-order valence-electron chi connectivity index (χ0n) is 13.7. The van der Waals surface area contributed by atoms with Crippen molar-refractivity contribution >= 4 is 0 Å². The summed E-state index contributed by atoms with van der Waals surface area (Å²) < 4.78 is 2.34. The lowest BCUT2D eigenvalue weighted by atomic mass is 9.91. The normalized spacial score (nSPS) is 23.4. The third-order valence-electron chi connectivity index (χ3n) is 4.42. The second-order valence-corrected chi connectivity index (χ2v) is 7.32. The molecule has 0 saturated heterocycles. The Morgan fingerprint density at radius 2 is 2.05 bits per heavy atom. The van der Waals surface area contributed by atoms with Crippen molar-refractivity contribution in [3.63, 3.8) is 0 Å². The van der Waals surface area contributed by atoms with E-state index in [-0.39, 0.29) is 5.54 Å². The molecule has 0 radical (unpaired) electrons. The van der Waals surface area contributed by atoms with Gasteiger partial charge in [0.25, 0.3) is 0 Å². The fraction of sp³-hybridized carbons (Fsp3) is 0.824. The van der Waals surface area contributed by atoms with Crippen LogP contribution in [0.3, 0.4) is 0 Å². The first-order chi connectivity index (χ1) is 9.49. The quantitative estimate of drug-likeness (QED) is 0.860. The maximum Gasteiger partial charge on any atom is 0.108 e. The van der Waals surface area contributed by atoms with Crippen LogP contribution in [0.25, 0.3) is 0 Å². The third kappa shape index (κ3) is 4.34. The van der Waals surface area contributed by atoms with Crippen molar-refractivity contribution in [2.45, 2.75) is 71.9 Å². The summed E-state index contributed by atoms with van der Waals surface area (Å²) in [4.78, 5) is 4.58. The van der Waals surface area contributed by atoms with E-state index in [1.807, 2.05) is 6.20 Å². The monoisotopic (exact) mass is 277 g/mol. The molecule has 1 aromatic rings. The van der Waals surface area contributed by atoms with Crippen molar-refractivity contribution in [2.75, 3.05) is 6.54 Å². The molecule has 0 aliphatic heterocycles. The van der Waals surface area contributed by atoms with Crippen molar-refractivity contribution in [3.05, 3.63) is 18.2 Å². The first kappa shape index (κ1) is 15.6. The second-order valence-electron chi connectivity index (χ2n) is 7.32.